The molecule has 1 saturated heterocycles. The zero-order valence-electron chi connectivity index (χ0n) is 14.3. The number of aromatic amines is 1. The second-order valence-electron chi connectivity index (χ2n) is 6.19. The van der Waals surface area contributed by atoms with Gasteiger partial charge < -0.3 is 24.0 Å². The molecule has 0 bridgehead atoms. The van der Waals surface area contributed by atoms with Gasteiger partial charge in [0, 0.05) is 12.3 Å². The first-order chi connectivity index (χ1) is 12.8. The molecular formula is C16H19N2O7PS. The van der Waals surface area contributed by atoms with Crippen molar-refractivity contribution in [3.8, 4) is 5.75 Å². The van der Waals surface area contributed by atoms with Crippen molar-refractivity contribution in [1.29, 1.82) is 0 Å². The van der Waals surface area contributed by atoms with Crippen LogP contribution in [-0.4, -0.2) is 44.2 Å². The lowest BCUT2D eigenvalue weighted by molar-refractivity contribution is -0.0983. The summed E-state index contributed by atoms with van der Waals surface area (Å²) < 4.78 is 17.6. The Balaban J connectivity index is 1.68. The van der Waals surface area contributed by atoms with Gasteiger partial charge in [0.2, 0.25) is 7.15 Å². The van der Waals surface area contributed by atoms with Crippen LogP contribution in [0.15, 0.2) is 52.2 Å². The molecule has 0 spiro atoms. The zero-order valence-corrected chi connectivity index (χ0v) is 16.1. The lowest BCUT2D eigenvalue weighted by Gasteiger charge is -2.27. The van der Waals surface area contributed by atoms with Crippen molar-refractivity contribution in [1.82, 2.24) is 9.55 Å². The predicted molar refractivity (Wildman–Crippen MR) is 101 cm³/mol. The van der Waals surface area contributed by atoms with Crippen molar-refractivity contribution in [2.24, 2.45) is 0 Å². The highest BCUT2D eigenvalue weighted by Crippen LogP contribution is 2.38. The number of benzene rings is 1. The van der Waals surface area contributed by atoms with Gasteiger partial charge in [0.05, 0.1) is 6.61 Å². The Morgan fingerprint density at radius 1 is 1.33 bits per heavy atom. The maximum Gasteiger partial charge on any atom is 0.330 e. The van der Waals surface area contributed by atoms with Gasteiger partial charge in [-0.25, -0.2) is 4.79 Å². The minimum absolute atomic E-state index is 0.128. The van der Waals surface area contributed by atoms with Crippen molar-refractivity contribution in [3.05, 3.63) is 63.4 Å². The van der Waals surface area contributed by atoms with E-state index in [0.717, 1.165) is 10.6 Å². The van der Waals surface area contributed by atoms with Gasteiger partial charge in [-0.3, -0.25) is 14.3 Å². The van der Waals surface area contributed by atoms with Gasteiger partial charge in [0.15, 0.2) is 6.23 Å². The van der Waals surface area contributed by atoms with Gasteiger partial charge in [0.1, 0.15) is 23.6 Å². The predicted octanol–water partition coefficient (Wildman–Crippen LogP) is 0.148. The quantitative estimate of drug-likeness (QED) is 0.571. The molecule has 1 aromatic heterocycles. The lowest BCUT2D eigenvalue weighted by atomic mass is 9.96. The van der Waals surface area contributed by atoms with Crippen LogP contribution in [0.4, 0.5) is 0 Å². The first-order valence-corrected chi connectivity index (χ1v) is 10.5. The summed E-state index contributed by atoms with van der Waals surface area (Å²) in [4.78, 5) is 25.3. The summed E-state index contributed by atoms with van der Waals surface area (Å²) in [6.45, 7) is 1.20. The highest BCUT2D eigenvalue weighted by atomic mass is 32.4. The van der Waals surface area contributed by atoms with Gasteiger partial charge in [-0.05, 0) is 30.9 Å². The summed E-state index contributed by atoms with van der Waals surface area (Å²) in [5.74, 6) is 0.568. The highest BCUT2D eigenvalue weighted by molar-refractivity contribution is 8.00. The van der Waals surface area contributed by atoms with Crippen LogP contribution in [0.3, 0.4) is 0 Å². The molecule has 3 N–H and O–H groups in total. The minimum Gasteiger partial charge on any atom is -0.446 e. The summed E-state index contributed by atoms with van der Waals surface area (Å²) in [5.41, 5.74) is -3.13. The van der Waals surface area contributed by atoms with E-state index in [-0.39, 0.29) is 6.61 Å². The molecule has 2 aromatic rings. The number of para-hydroxylation sites is 1. The largest absolute Gasteiger partial charge is 0.446 e. The van der Waals surface area contributed by atoms with Crippen molar-refractivity contribution in [2.45, 2.75) is 31.0 Å². The number of nitrogens with zero attached hydrogens (tertiary/aromatic N) is 1. The Bertz CT molecular complexity index is 930. The third-order valence-corrected chi connectivity index (χ3v) is 5.58. The van der Waals surface area contributed by atoms with E-state index in [2.05, 4.69) is 4.98 Å². The SMILES string of the molecule is C[C@@]1(O)[C@H](O)[C@@H](CO[PH](=S)Oc2ccccc2)O[C@H]1n1ccc(=O)[nH]c1=O. The molecule has 0 aliphatic carbocycles. The molecule has 11 heteroatoms. The van der Waals surface area contributed by atoms with E-state index in [1.807, 2.05) is 6.07 Å². The summed E-state index contributed by atoms with van der Waals surface area (Å²) in [6.07, 6.45) is -2.30. The third kappa shape index (κ3) is 4.37. The third-order valence-electron chi connectivity index (χ3n) is 4.17. The number of ether oxygens (including phenoxy) is 1. The van der Waals surface area contributed by atoms with E-state index in [1.165, 1.54) is 13.1 Å². The second kappa shape index (κ2) is 8.05. The summed E-state index contributed by atoms with van der Waals surface area (Å²) in [5, 5.41) is 21.0. The Hall–Kier alpha value is -1.81. The second-order valence-corrected chi connectivity index (χ2v) is 8.18. The first kappa shape index (κ1) is 19.9. The van der Waals surface area contributed by atoms with E-state index < -0.39 is 42.4 Å². The molecule has 1 unspecified atom stereocenters. The van der Waals surface area contributed by atoms with Gasteiger partial charge in [-0.15, -0.1) is 0 Å². The van der Waals surface area contributed by atoms with Gasteiger partial charge >= 0.3 is 5.69 Å². The molecule has 0 saturated carbocycles. The zero-order chi connectivity index (χ0) is 19.6. The molecule has 0 amide bonds. The van der Waals surface area contributed by atoms with Crippen molar-refractivity contribution >= 4 is 19.0 Å². The van der Waals surface area contributed by atoms with Crippen LogP contribution in [0.2, 0.25) is 0 Å². The van der Waals surface area contributed by atoms with Crippen molar-refractivity contribution < 1.29 is 24.0 Å². The van der Waals surface area contributed by atoms with Gasteiger partial charge in [0.25, 0.3) is 5.56 Å². The molecule has 9 nitrogen and oxygen atoms in total. The maximum atomic E-state index is 12.0. The molecule has 3 rings (SSSR count). The number of aliphatic hydroxyl groups excluding tert-OH is 1. The summed E-state index contributed by atoms with van der Waals surface area (Å²) in [7, 11) is -2.09. The molecule has 146 valence electrons. The van der Waals surface area contributed by atoms with Crippen LogP contribution in [0.25, 0.3) is 0 Å². The van der Waals surface area contributed by atoms with Crippen molar-refractivity contribution in [3.63, 3.8) is 0 Å². The van der Waals surface area contributed by atoms with E-state index in [0.29, 0.717) is 5.75 Å². The van der Waals surface area contributed by atoms with E-state index in [1.54, 1.807) is 24.3 Å². The van der Waals surface area contributed by atoms with Gasteiger partial charge in [-0.2, -0.15) is 0 Å². The molecule has 1 aliphatic rings. The fourth-order valence-electron chi connectivity index (χ4n) is 2.75. The maximum absolute atomic E-state index is 12.0. The normalized spacial score (nSPS) is 28.8. The van der Waals surface area contributed by atoms with E-state index in [4.69, 9.17) is 25.6 Å². The monoisotopic (exact) mass is 414 g/mol. The topological polar surface area (TPSA) is 123 Å². The number of hydrogen-bond donors (Lipinski definition) is 3. The molecule has 1 aromatic carbocycles. The van der Waals surface area contributed by atoms with Crippen LogP contribution in [-0.2, 0) is 21.1 Å². The number of rotatable bonds is 6. The van der Waals surface area contributed by atoms with Crippen LogP contribution in [0.1, 0.15) is 13.2 Å². The summed E-state index contributed by atoms with van der Waals surface area (Å²) >= 11 is 5.17. The molecule has 1 aliphatic heterocycles. The number of H-pyrrole nitrogens is 1. The molecule has 27 heavy (non-hydrogen) atoms. The smallest absolute Gasteiger partial charge is 0.330 e. The Morgan fingerprint density at radius 2 is 2.04 bits per heavy atom. The average Bonchev–Trinajstić information content (AvgIpc) is 2.84. The minimum atomic E-state index is -2.09. The molecule has 2 heterocycles. The van der Waals surface area contributed by atoms with Crippen molar-refractivity contribution in [2.75, 3.05) is 6.61 Å². The number of nitrogens with one attached hydrogen (secondary N) is 1. The van der Waals surface area contributed by atoms with Crippen LogP contribution in [0, 0.1) is 0 Å². The standard InChI is InChI=1S/C16H19N2O7PS/c1-16(22)13(20)11(9-23-26(27)25-10-5-3-2-4-6-10)24-14(16)18-8-7-12(19)17-15(18)21/h2-8,11,13-14,20,22,26H,9H2,1H3,(H,17,19,21)/t11-,13-,14-,16-/m1/s1. The van der Waals surface area contributed by atoms with Gasteiger partial charge in [-0.1, -0.05) is 18.2 Å². The molecule has 5 atom stereocenters. The fraction of sp³-hybridized carbons (Fsp3) is 0.375. The van der Waals surface area contributed by atoms with Crippen LogP contribution >= 0.6 is 7.15 Å². The van der Waals surface area contributed by atoms with E-state index in [9.17, 15) is 19.8 Å². The van der Waals surface area contributed by atoms with Crippen LogP contribution in [0.5, 0.6) is 5.75 Å². The Morgan fingerprint density at radius 3 is 2.70 bits per heavy atom. The number of hydrogen-bond acceptors (Lipinski definition) is 8. The van der Waals surface area contributed by atoms with E-state index >= 15 is 0 Å². The molecule has 1 fully saturated rings. The first-order valence-electron chi connectivity index (χ1n) is 8.06. The fourth-order valence-corrected chi connectivity index (χ4v) is 3.93. The Labute approximate surface area is 159 Å². The number of aliphatic hydroxyl groups is 2. The lowest BCUT2D eigenvalue weighted by Crippen LogP contribution is -2.46. The summed E-state index contributed by atoms with van der Waals surface area (Å²) in [6, 6.07) is 10.0. The van der Waals surface area contributed by atoms with Crippen LogP contribution < -0.4 is 15.8 Å². The average molecular weight is 414 g/mol. The Kier molecular flexibility index (Phi) is 5.95. The number of aromatic nitrogens is 2. The highest BCUT2D eigenvalue weighted by Gasteiger charge is 2.53. The molecule has 0 radical (unpaired) electrons. The molecular weight excluding hydrogens is 395 g/mol.